The van der Waals surface area contributed by atoms with Crippen LogP contribution < -0.4 is 4.90 Å². The van der Waals surface area contributed by atoms with E-state index in [2.05, 4.69) is 290 Å². The summed E-state index contributed by atoms with van der Waals surface area (Å²) >= 11 is 0. The highest BCUT2D eigenvalue weighted by molar-refractivity contribution is 6.09. The highest BCUT2D eigenvalue weighted by Gasteiger charge is 2.44. The number of aromatic nitrogens is 1. The Bertz CT molecular complexity index is 3930. The molecular weight excluding hydrogens is 905 g/mol. The lowest BCUT2D eigenvalue weighted by Crippen LogP contribution is -2.31. The quantitative estimate of drug-likeness (QED) is 0.112. The largest absolute Gasteiger partial charge is 0.310 e. The van der Waals surface area contributed by atoms with Crippen molar-refractivity contribution in [3.05, 3.63) is 313 Å². The first-order chi connectivity index (χ1) is 37.0. The van der Waals surface area contributed by atoms with Crippen LogP contribution in [0.2, 0.25) is 0 Å². The number of rotatable bonds is 13. The SMILES string of the molecule is C=Cc1ccc(CC2(Cc3ccc(C=C)cc3)c3cc(N(c4ccc(-c5ccccc5)cc4)c4ccc(-c5ccc(-c6ccccc6)cc5)cc4)ccc3-c3ccc(-n4c5ccccc5c5ccccc54)cc32)cc1. The molecule has 1 aliphatic rings. The van der Waals surface area contributed by atoms with Gasteiger partial charge in [0.1, 0.15) is 0 Å². The third kappa shape index (κ3) is 8.27. The molecular formula is C73H54N2. The molecule has 0 saturated heterocycles. The summed E-state index contributed by atoms with van der Waals surface area (Å²) in [7, 11) is 0. The lowest BCUT2D eigenvalue weighted by atomic mass is 9.69. The van der Waals surface area contributed by atoms with Crippen LogP contribution in [0.25, 0.3) is 84.2 Å². The molecule has 0 bridgehead atoms. The van der Waals surface area contributed by atoms with Crippen LogP contribution >= 0.6 is 0 Å². The van der Waals surface area contributed by atoms with Crippen LogP contribution in [0.15, 0.2) is 280 Å². The minimum Gasteiger partial charge on any atom is -0.310 e. The second kappa shape index (κ2) is 19.2. The summed E-state index contributed by atoms with van der Waals surface area (Å²) in [6.45, 7) is 8.20. The summed E-state index contributed by atoms with van der Waals surface area (Å²) in [5.74, 6) is 0. The fourth-order valence-electron chi connectivity index (χ4n) is 11.8. The summed E-state index contributed by atoms with van der Waals surface area (Å²) in [6.07, 6.45) is 5.44. The highest BCUT2D eigenvalue weighted by Crippen LogP contribution is 2.55. The Kier molecular flexibility index (Phi) is 11.6. The number of benzene rings is 11. The molecule has 356 valence electrons. The van der Waals surface area contributed by atoms with E-state index < -0.39 is 5.41 Å². The zero-order valence-corrected chi connectivity index (χ0v) is 41.8. The molecule has 0 N–H and O–H groups in total. The summed E-state index contributed by atoms with van der Waals surface area (Å²) < 4.78 is 2.46. The van der Waals surface area contributed by atoms with E-state index in [1.807, 2.05) is 12.2 Å². The van der Waals surface area contributed by atoms with Crippen molar-refractivity contribution in [1.82, 2.24) is 4.57 Å². The molecule has 2 nitrogen and oxygen atoms in total. The zero-order chi connectivity index (χ0) is 50.3. The van der Waals surface area contributed by atoms with Gasteiger partial charge in [-0.25, -0.2) is 0 Å². The molecule has 0 spiro atoms. The Morgan fingerprint density at radius 1 is 0.347 bits per heavy atom. The van der Waals surface area contributed by atoms with Crippen LogP contribution in [0.3, 0.4) is 0 Å². The van der Waals surface area contributed by atoms with Gasteiger partial charge in [-0.3, -0.25) is 0 Å². The first-order valence-electron chi connectivity index (χ1n) is 26.0. The maximum Gasteiger partial charge on any atom is 0.0541 e. The molecule has 1 aromatic heterocycles. The highest BCUT2D eigenvalue weighted by atomic mass is 15.1. The maximum atomic E-state index is 4.10. The van der Waals surface area contributed by atoms with Gasteiger partial charge in [-0.2, -0.15) is 0 Å². The van der Waals surface area contributed by atoms with Gasteiger partial charge in [0, 0.05) is 38.9 Å². The maximum absolute atomic E-state index is 4.10. The minimum atomic E-state index is -0.473. The van der Waals surface area contributed by atoms with Crippen molar-refractivity contribution in [3.8, 4) is 50.2 Å². The lowest BCUT2D eigenvalue weighted by Gasteiger charge is -2.34. The normalized spacial score (nSPS) is 12.3. The van der Waals surface area contributed by atoms with Crippen molar-refractivity contribution in [2.24, 2.45) is 0 Å². The Hall–Kier alpha value is -9.50. The van der Waals surface area contributed by atoms with E-state index >= 15 is 0 Å². The van der Waals surface area contributed by atoms with E-state index in [4.69, 9.17) is 0 Å². The average molecular weight is 959 g/mol. The van der Waals surface area contributed by atoms with Crippen LogP contribution in [-0.2, 0) is 18.3 Å². The Balaban J connectivity index is 0.998. The number of fused-ring (bicyclic) bond motifs is 6. The second-order valence-electron chi connectivity index (χ2n) is 19.9. The third-order valence-electron chi connectivity index (χ3n) is 15.6. The first-order valence-corrected chi connectivity index (χ1v) is 26.0. The van der Waals surface area contributed by atoms with Crippen molar-refractivity contribution in [3.63, 3.8) is 0 Å². The average Bonchev–Trinajstić information content (AvgIpc) is 4.07. The summed E-state index contributed by atoms with van der Waals surface area (Å²) in [5, 5.41) is 2.51. The van der Waals surface area contributed by atoms with Gasteiger partial charge in [-0.15, -0.1) is 0 Å². The van der Waals surface area contributed by atoms with E-state index in [-0.39, 0.29) is 0 Å². The summed E-state index contributed by atoms with van der Waals surface area (Å²) in [4.78, 5) is 2.44. The number of para-hydroxylation sites is 2. The lowest BCUT2D eigenvalue weighted by molar-refractivity contribution is 0.520. The molecule has 11 aromatic carbocycles. The molecule has 1 aliphatic carbocycles. The molecule has 0 radical (unpaired) electrons. The van der Waals surface area contributed by atoms with Crippen LogP contribution in [0, 0.1) is 0 Å². The molecule has 75 heavy (non-hydrogen) atoms. The van der Waals surface area contributed by atoms with Crippen molar-refractivity contribution < 1.29 is 0 Å². The van der Waals surface area contributed by atoms with E-state index in [1.54, 1.807) is 0 Å². The summed E-state index contributed by atoms with van der Waals surface area (Å²) in [5.41, 5.74) is 23.5. The topological polar surface area (TPSA) is 8.17 Å². The van der Waals surface area contributed by atoms with Gasteiger partial charge in [0.15, 0.2) is 0 Å². The standard InChI is InChI=1S/C73H54N2/c1-3-51-23-27-53(28-24-51)49-73(50-54-29-25-52(4-2)26-30-54)69-47-63(43-45-65(69)66-46-44-64(48-70(66)73)75-71-21-13-11-19-67(71)68-20-12-14-22-72(68)75)74(61-39-35-59(36-40-61)56-17-9-6-10-18-56)62-41-37-60(38-42-62)58-33-31-57(32-34-58)55-15-7-5-8-16-55/h3-48H,1-2,49-50H2. The third-order valence-corrected chi connectivity index (χ3v) is 15.6. The molecule has 2 heteroatoms. The van der Waals surface area contributed by atoms with Crippen molar-refractivity contribution in [2.75, 3.05) is 4.90 Å². The van der Waals surface area contributed by atoms with Gasteiger partial charge in [-0.05, 0) is 151 Å². The molecule has 0 fully saturated rings. The van der Waals surface area contributed by atoms with E-state index in [9.17, 15) is 0 Å². The van der Waals surface area contributed by atoms with Gasteiger partial charge in [-0.1, -0.05) is 232 Å². The molecule has 1 heterocycles. The predicted octanol–water partition coefficient (Wildman–Crippen LogP) is 19.3. The molecule has 0 saturated carbocycles. The van der Waals surface area contributed by atoms with Crippen molar-refractivity contribution in [2.45, 2.75) is 18.3 Å². The van der Waals surface area contributed by atoms with Crippen LogP contribution in [0.5, 0.6) is 0 Å². The van der Waals surface area contributed by atoms with E-state index in [1.165, 1.54) is 88.6 Å². The number of hydrogen-bond donors (Lipinski definition) is 0. The first kappa shape index (κ1) is 45.4. The number of nitrogens with zero attached hydrogens (tertiary/aromatic N) is 2. The number of anilines is 3. The molecule has 13 rings (SSSR count). The molecule has 0 atom stereocenters. The Morgan fingerprint density at radius 2 is 0.720 bits per heavy atom. The second-order valence-corrected chi connectivity index (χ2v) is 19.9. The van der Waals surface area contributed by atoms with Gasteiger partial charge in [0.05, 0.1) is 11.0 Å². The molecule has 0 amide bonds. The molecule has 0 aliphatic heterocycles. The minimum absolute atomic E-state index is 0.473. The van der Waals surface area contributed by atoms with Gasteiger partial charge in [0.2, 0.25) is 0 Å². The van der Waals surface area contributed by atoms with Crippen LogP contribution in [0.4, 0.5) is 17.1 Å². The van der Waals surface area contributed by atoms with E-state index in [0.29, 0.717) is 0 Å². The van der Waals surface area contributed by atoms with Gasteiger partial charge in [0.25, 0.3) is 0 Å². The smallest absolute Gasteiger partial charge is 0.0541 e. The Labute approximate surface area is 440 Å². The predicted molar refractivity (Wildman–Crippen MR) is 318 cm³/mol. The molecule has 0 unspecified atom stereocenters. The van der Waals surface area contributed by atoms with Crippen molar-refractivity contribution in [1.29, 1.82) is 0 Å². The van der Waals surface area contributed by atoms with Crippen molar-refractivity contribution >= 4 is 51.0 Å². The monoisotopic (exact) mass is 958 g/mol. The molecule has 12 aromatic rings. The Morgan fingerprint density at radius 3 is 1.17 bits per heavy atom. The van der Waals surface area contributed by atoms with Crippen LogP contribution in [0.1, 0.15) is 33.4 Å². The zero-order valence-electron chi connectivity index (χ0n) is 41.8. The fraction of sp³-hybridized carbons (Fsp3) is 0.0411. The van der Waals surface area contributed by atoms with E-state index in [0.717, 1.165) is 46.7 Å². The summed E-state index contributed by atoms with van der Waals surface area (Å²) in [6, 6.07) is 98.4. The van der Waals surface area contributed by atoms with Gasteiger partial charge < -0.3 is 9.47 Å². The van der Waals surface area contributed by atoms with Gasteiger partial charge >= 0.3 is 0 Å². The van der Waals surface area contributed by atoms with Crippen LogP contribution in [-0.4, -0.2) is 4.57 Å². The fourth-order valence-corrected chi connectivity index (χ4v) is 11.8. The number of hydrogen-bond acceptors (Lipinski definition) is 1.